The van der Waals surface area contributed by atoms with Gasteiger partial charge in [0.25, 0.3) is 0 Å². The summed E-state index contributed by atoms with van der Waals surface area (Å²) in [6.07, 6.45) is -3.07. The zero-order valence-corrected chi connectivity index (χ0v) is 26.0. The van der Waals surface area contributed by atoms with Gasteiger partial charge in [-0.2, -0.15) is 13.2 Å². The summed E-state index contributed by atoms with van der Waals surface area (Å²) < 4.78 is 42.8. The maximum absolute atomic E-state index is 12.8. The third-order valence-electron chi connectivity index (χ3n) is 6.50. The first-order chi connectivity index (χ1) is 19.3. The van der Waals surface area contributed by atoms with Crippen molar-refractivity contribution in [2.45, 2.75) is 98.4 Å². The SMILES string of the molecule is CCCC(CC)CC(NC(=O)CNC(=O)CNC(=O)CC(C)(O)C(F)(F)F)C(=O)C(C)(C)C.COc1ccc(C)cc1. The predicted octanol–water partition coefficient (Wildman–Crippen LogP) is 4.24. The van der Waals surface area contributed by atoms with E-state index in [2.05, 4.69) is 17.6 Å². The molecule has 3 unspecified atom stereocenters. The van der Waals surface area contributed by atoms with Gasteiger partial charge in [0, 0.05) is 5.41 Å². The molecule has 0 aliphatic rings. The molecule has 0 aliphatic heterocycles. The fraction of sp³-hybridized carbons (Fsp3) is 0.667. The quantitative estimate of drug-likeness (QED) is 0.251. The van der Waals surface area contributed by atoms with E-state index in [4.69, 9.17) is 4.74 Å². The molecule has 3 amide bonds. The lowest BCUT2D eigenvalue weighted by molar-refractivity contribution is -0.253. The molecule has 1 aromatic rings. The lowest BCUT2D eigenvalue weighted by Gasteiger charge is -2.28. The third kappa shape index (κ3) is 15.2. The van der Waals surface area contributed by atoms with Crippen molar-refractivity contribution in [2.24, 2.45) is 11.3 Å². The van der Waals surface area contributed by atoms with Gasteiger partial charge < -0.3 is 25.8 Å². The molecule has 12 heteroatoms. The Balaban J connectivity index is 0.00000157. The van der Waals surface area contributed by atoms with Crippen molar-refractivity contribution in [3.8, 4) is 5.75 Å². The Kier molecular flexibility index (Phi) is 16.4. The Morgan fingerprint density at radius 2 is 1.43 bits per heavy atom. The maximum atomic E-state index is 12.8. The number of carbonyl (C=O) groups excluding carboxylic acids is 4. The summed E-state index contributed by atoms with van der Waals surface area (Å²) in [5.41, 5.74) is -2.64. The molecule has 4 N–H and O–H groups in total. The summed E-state index contributed by atoms with van der Waals surface area (Å²) in [5.74, 6) is -1.52. The summed E-state index contributed by atoms with van der Waals surface area (Å²) in [7, 11) is 1.67. The van der Waals surface area contributed by atoms with Gasteiger partial charge in [0.1, 0.15) is 5.75 Å². The normalized spacial score (nSPS) is 14.3. The van der Waals surface area contributed by atoms with Crippen LogP contribution in [0, 0.1) is 18.3 Å². The maximum Gasteiger partial charge on any atom is 0.417 e. The largest absolute Gasteiger partial charge is 0.497 e. The summed E-state index contributed by atoms with van der Waals surface area (Å²) in [4.78, 5) is 48.6. The molecule has 42 heavy (non-hydrogen) atoms. The molecular formula is C30H48F3N3O6. The van der Waals surface area contributed by atoms with E-state index in [1.165, 1.54) is 5.56 Å². The number of aryl methyl sites for hydroxylation is 1. The molecule has 0 heterocycles. The molecule has 0 spiro atoms. The number of methoxy groups -OCH3 is 1. The fourth-order valence-corrected chi connectivity index (χ4v) is 3.80. The number of aliphatic hydroxyl groups is 1. The van der Waals surface area contributed by atoms with Gasteiger partial charge in [-0.05, 0) is 38.3 Å². The summed E-state index contributed by atoms with van der Waals surface area (Å²) in [6.45, 7) is 10.7. The second-order valence-electron chi connectivity index (χ2n) is 11.6. The number of halogens is 3. The average molecular weight is 604 g/mol. The number of alkyl halides is 3. The molecule has 1 rings (SSSR count). The second kappa shape index (κ2) is 17.7. The molecule has 0 aliphatic carbocycles. The number of rotatable bonds is 14. The van der Waals surface area contributed by atoms with E-state index in [-0.39, 0.29) is 11.7 Å². The van der Waals surface area contributed by atoms with Gasteiger partial charge in [-0.1, -0.05) is 71.6 Å². The Morgan fingerprint density at radius 3 is 1.88 bits per heavy atom. The van der Waals surface area contributed by atoms with E-state index >= 15 is 0 Å². The highest BCUT2D eigenvalue weighted by atomic mass is 19.4. The van der Waals surface area contributed by atoms with Crippen molar-refractivity contribution >= 4 is 23.5 Å². The van der Waals surface area contributed by atoms with Crippen molar-refractivity contribution in [1.29, 1.82) is 0 Å². The van der Waals surface area contributed by atoms with Crippen molar-refractivity contribution in [3.63, 3.8) is 0 Å². The first-order valence-electron chi connectivity index (χ1n) is 14.0. The summed E-state index contributed by atoms with van der Waals surface area (Å²) >= 11 is 0. The topological polar surface area (TPSA) is 134 Å². The van der Waals surface area contributed by atoms with E-state index in [0.717, 1.165) is 25.0 Å². The number of Topliss-reactive ketones (excluding diaryl/α,β-unsaturated/α-hetero) is 1. The van der Waals surface area contributed by atoms with Crippen molar-refractivity contribution in [1.82, 2.24) is 16.0 Å². The average Bonchev–Trinajstić information content (AvgIpc) is 2.89. The lowest BCUT2D eigenvalue weighted by Crippen LogP contribution is -2.50. The van der Waals surface area contributed by atoms with Crippen LogP contribution >= 0.6 is 0 Å². The smallest absolute Gasteiger partial charge is 0.417 e. The number of carbonyl (C=O) groups is 4. The first-order valence-corrected chi connectivity index (χ1v) is 14.0. The van der Waals surface area contributed by atoms with E-state index in [0.29, 0.717) is 13.3 Å². The van der Waals surface area contributed by atoms with Crippen molar-refractivity contribution < 1.29 is 42.2 Å². The Hall–Kier alpha value is -3.15. The van der Waals surface area contributed by atoms with E-state index in [1.54, 1.807) is 27.9 Å². The van der Waals surface area contributed by atoms with Gasteiger partial charge in [-0.3, -0.25) is 19.2 Å². The Morgan fingerprint density at radius 1 is 0.905 bits per heavy atom. The molecule has 3 atom stereocenters. The van der Waals surface area contributed by atoms with Gasteiger partial charge in [0.2, 0.25) is 17.7 Å². The highest BCUT2D eigenvalue weighted by Gasteiger charge is 2.51. The van der Waals surface area contributed by atoms with Crippen LogP contribution in [0.25, 0.3) is 0 Å². The minimum atomic E-state index is -5.00. The van der Waals surface area contributed by atoms with Gasteiger partial charge in [-0.15, -0.1) is 0 Å². The molecule has 1 aromatic carbocycles. The number of amides is 3. The Bertz CT molecular complexity index is 1010. The number of benzene rings is 1. The van der Waals surface area contributed by atoms with Gasteiger partial charge in [0.05, 0.1) is 32.7 Å². The molecular weight excluding hydrogens is 555 g/mol. The number of nitrogens with one attached hydrogen (secondary N) is 3. The number of hydrogen-bond acceptors (Lipinski definition) is 6. The van der Waals surface area contributed by atoms with Crippen LogP contribution in [0.3, 0.4) is 0 Å². The highest BCUT2D eigenvalue weighted by molar-refractivity contribution is 5.94. The predicted molar refractivity (Wildman–Crippen MR) is 155 cm³/mol. The minimum absolute atomic E-state index is 0.124. The van der Waals surface area contributed by atoms with Gasteiger partial charge in [0.15, 0.2) is 11.4 Å². The van der Waals surface area contributed by atoms with Crippen LogP contribution in [-0.4, -0.2) is 66.6 Å². The van der Waals surface area contributed by atoms with Crippen LogP contribution in [0.1, 0.15) is 79.2 Å². The standard InChI is InChI=1S/C22H38F3N3O5.C8H10O/c1-7-9-14(8-2)10-15(19(32)20(3,4)5)28-18(31)13-27-17(30)12-26-16(29)11-21(6,33)22(23,24)25;1-7-3-5-8(9-2)6-4-7/h14-15,33H,7-13H2,1-6H3,(H,26,29)(H,27,30)(H,28,31);3-6H,1-2H3. The monoisotopic (exact) mass is 603 g/mol. The Labute approximate surface area is 247 Å². The molecule has 0 fully saturated rings. The van der Waals surface area contributed by atoms with Crippen LogP contribution in [0.15, 0.2) is 24.3 Å². The van der Waals surface area contributed by atoms with Crippen LogP contribution in [0.5, 0.6) is 5.75 Å². The van der Waals surface area contributed by atoms with Crippen LogP contribution in [0.2, 0.25) is 0 Å². The first kappa shape index (κ1) is 38.9. The van der Waals surface area contributed by atoms with E-state index < -0.39 is 60.5 Å². The summed E-state index contributed by atoms with van der Waals surface area (Å²) in [5, 5.41) is 16.2. The number of ketones is 1. The highest BCUT2D eigenvalue weighted by Crippen LogP contribution is 2.32. The van der Waals surface area contributed by atoms with Gasteiger partial charge in [-0.25, -0.2) is 0 Å². The molecule has 0 saturated heterocycles. The molecule has 9 nitrogen and oxygen atoms in total. The molecule has 0 saturated carbocycles. The van der Waals surface area contributed by atoms with E-state index in [1.807, 2.05) is 43.4 Å². The molecule has 240 valence electrons. The number of ether oxygens (including phenoxy) is 1. The second-order valence-corrected chi connectivity index (χ2v) is 11.6. The zero-order valence-electron chi connectivity index (χ0n) is 26.0. The molecule has 0 bridgehead atoms. The lowest BCUT2D eigenvalue weighted by atomic mass is 9.81. The number of hydrogen-bond donors (Lipinski definition) is 4. The molecule has 0 aromatic heterocycles. The van der Waals surface area contributed by atoms with Crippen molar-refractivity contribution in [2.75, 3.05) is 20.2 Å². The van der Waals surface area contributed by atoms with Crippen molar-refractivity contribution in [3.05, 3.63) is 29.8 Å². The zero-order chi connectivity index (χ0) is 32.7. The third-order valence-corrected chi connectivity index (χ3v) is 6.50. The van der Waals surface area contributed by atoms with Crippen LogP contribution in [0.4, 0.5) is 13.2 Å². The van der Waals surface area contributed by atoms with E-state index in [9.17, 15) is 37.5 Å². The van der Waals surface area contributed by atoms with Crippen LogP contribution in [-0.2, 0) is 19.2 Å². The van der Waals surface area contributed by atoms with Crippen LogP contribution < -0.4 is 20.7 Å². The fourth-order valence-electron chi connectivity index (χ4n) is 3.80. The minimum Gasteiger partial charge on any atom is -0.497 e. The van der Waals surface area contributed by atoms with Gasteiger partial charge >= 0.3 is 6.18 Å². The summed E-state index contributed by atoms with van der Waals surface area (Å²) in [6, 6.07) is 7.25. The molecule has 0 radical (unpaired) electrons.